The third kappa shape index (κ3) is 5.11. The first kappa shape index (κ1) is 22.1. The van der Waals surface area contributed by atoms with Gasteiger partial charge in [0.2, 0.25) is 5.88 Å². The number of alkyl halides is 3. The number of ether oxygens (including phenoxy) is 1. The Kier molecular flexibility index (Phi) is 6.14. The molecule has 1 atom stereocenters. The molecule has 1 unspecified atom stereocenters. The van der Waals surface area contributed by atoms with Crippen molar-refractivity contribution in [3.63, 3.8) is 0 Å². The number of aromatic amines is 1. The third-order valence-electron chi connectivity index (χ3n) is 4.44. The Bertz CT molecular complexity index is 1080. The van der Waals surface area contributed by atoms with E-state index in [0.717, 1.165) is 18.3 Å². The molecule has 0 spiro atoms. The van der Waals surface area contributed by atoms with Gasteiger partial charge in [0.25, 0.3) is 0 Å². The lowest BCUT2D eigenvalue weighted by Gasteiger charge is -2.19. The average molecular weight is 435 g/mol. The van der Waals surface area contributed by atoms with Gasteiger partial charge in [0, 0.05) is 37.1 Å². The zero-order valence-electron chi connectivity index (χ0n) is 16.9. The number of nitrogens with one attached hydrogen (secondary N) is 1. The van der Waals surface area contributed by atoms with Gasteiger partial charge in [-0.05, 0) is 24.1 Å². The second-order valence-electron chi connectivity index (χ2n) is 7.05. The SMILES string of the molecule is CC(C)c1n[nH]cc1C(Oc1cc(C=CC(=O)O)n(C)n1)c1ccc(C(F)(F)F)cn1. The highest BCUT2D eigenvalue weighted by atomic mass is 19.4. The van der Waals surface area contributed by atoms with Crippen LogP contribution in [0.3, 0.4) is 0 Å². The van der Waals surface area contributed by atoms with Gasteiger partial charge in [-0.1, -0.05) is 13.8 Å². The summed E-state index contributed by atoms with van der Waals surface area (Å²) in [4.78, 5) is 14.7. The van der Waals surface area contributed by atoms with Crippen LogP contribution in [0.4, 0.5) is 13.2 Å². The van der Waals surface area contributed by atoms with Gasteiger partial charge in [0.1, 0.15) is 0 Å². The van der Waals surface area contributed by atoms with Gasteiger partial charge in [-0.3, -0.25) is 14.8 Å². The van der Waals surface area contributed by atoms with Crippen LogP contribution in [-0.2, 0) is 18.0 Å². The third-order valence-corrected chi connectivity index (χ3v) is 4.44. The van der Waals surface area contributed by atoms with Crippen LogP contribution in [0.25, 0.3) is 6.08 Å². The molecule has 0 radical (unpaired) electrons. The Morgan fingerprint density at radius 2 is 2.06 bits per heavy atom. The molecule has 0 fully saturated rings. The van der Waals surface area contributed by atoms with Crippen LogP contribution in [0, 0.1) is 0 Å². The van der Waals surface area contributed by atoms with Gasteiger partial charge < -0.3 is 9.84 Å². The Balaban J connectivity index is 2.00. The number of H-pyrrole nitrogens is 1. The monoisotopic (exact) mass is 435 g/mol. The zero-order chi connectivity index (χ0) is 22.8. The summed E-state index contributed by atoms with van der Waals surface area (Å²) >= 11 is 0. The predicted octanol–water partition coefficient (Wildman–Crippen LogP) is 3.95. The lowest BCUT2D eigenvalue weighted by Crippen LogP contribution is -2.15. The highest BCUT2D eigenvalue weighted by Crippen LogP contribution is 2.33. The van der Waals surface area contributed by atoms with Gasteiger partial charge in [-0.25, -0.2) is 4.79 Å². The summed E-state index contributed by atoms with van der Waals surface area (Å²) in [6.45, 7) is 3.85. The lowest BCUT2D eigenvalue weighted by molar-refractivity contribution is -0.138. The van der Waals surface area contributed by atoms with Crippen molar-refractivity contribution < 1.29 is 27.8 Å². The molecular formula is C20H20F3N5O3. The number of carboxylic acid groups (broad SMARTS) is 1. The molecule has 8 nitrogen and oxygen atoms in total. The summed E-state index contributed by atoms with van der Waals surface area (Å²) in [6, 6.07) is 3.71. The standard InChI is InChI=1S/C20H20F3N5O3/c1-11(2)18-14(10-25-26-18)19(15-6-4-12(9-24-15)20(21,22)23)31-16-8-13(28(3)27-16)5-7-17(29)30/h4-11,19H,1-3H3,(H,25,26)(H,29,30). The van der Waals surface area contributed by atoms with Crippen molar-refractivity contribution in [2.24, 2.45) is 7.05 Å². The number of hydrogen-bond acceptors (Lipinski definition) is 5. The van der Waals surface area contributed by atoms with Crippen molar-refractivity contribution in [1.29, 1.82) is 0 Å². The van der Waals surface area contributed by atoms with Crippen molar-refractivity contribution in [3.05, 3.63) is 64.9 Å². The zero-order valence-corrected chi connectivity index (χ0v) is 16.9. The molecule has 2 N–H and O–H groups in total. The average Bonchev–Trinajstić information content (AvgIpc) is 3.30. The Labute approximate surface area is 175 Å². The van der Waals surface area contributed by atoms with E-state index in [0.29, 0.717) is 17.0 Å². The van der Waals surface area contributed by atoms with E-state index in [9.17, 15) is 18.0 Å². The van der Waals surface area contributed by atoms with Gasteiger partial charge in [0.15, 0.2) is 6.10 Å². The van der Waals surface area contributed by atoms with Crippen molar-refractivity contribution in [3.8, 4) is 5.88 Å². The molecule has 31 heavy (non-hydrogen) atoms. The van der Waals surface area contributed by atoms with E-state index < -0.39 is 23.8 Å². The molecule has 3 aromatic heterocycles. The topological polar surface area (TPSA) is 106 Å². The number of aliphatic carboxylic acids is 1. The summed E-state index contributed by atoms with van der Waals surface area (Å²) in [5.41, 5.74) is 1.12. The normalized spacial score (nSPS) is 13.1. The van der Waals surface area contributed by atoms with Crippen molar-refractivity contribution >= 4 is 12.0 Å². The summed E-state index contributed by atoms with van der Waals surface area (Å²) in [5.74, 6) is -0.954. The maximum absolute atomic E-state index is 12.9. The molecule has 0 aliphatic heterocycles. The van der Waals surface area contributed by atoms with E-state index in [1.54, 1.807) is 13.2 Å². The minimum Gasteiger partial charge on any atom is -0.478 e. The fraction of sp³-hybridized carbons (Fsp3) is 0.300. The van der Waals surface area contributed by atoms with E-state index in [2.05, 4.69) is 20.3 Å². The highest BCUT2D eigenvalue weighted by Gasteiger charge is 2.32. The van der Waals surface area contributed by atoms with Crippen LogP contribution in [0.1, 0.15) is 54.1 Å². The molecule has 164 valence electrons. The van der Waals surface area contributed by atoms with Crippen LogP contribution < -0.4 is 4.74 Å². The van der Waals surface area contributed by atoms with Crippen LogP contribution in [-0.4, -0.2) is 36.0 Å². The van der Waals surface area contributed by atoms with Crippen LogP contribution in [0.15, 0.2) is 36.7 Å². The highest BCUT2D eigenvalue weighted by molar-refractivity contribution is 5.84. The molecule has 11 heteroatoms. The summed E-state index contributed by atoms with van der Waals surface area (Å²) < 4.78 is 46.3. The molecule has 3 aromatic rings. The van der Waals surface area contributed by atoms with Crippen LogP contribution in [0.5, 0.6) is 5.88 Å². The Morgan fingerprint density at radius 1 is 1.32 bits per heavy atom. The lowest BCUT2D eigenvalue weighted by atomic mass is 10.00. The van der Waals surface area contributed by atoms with E-state index >= 15 is 0 Å². The quantitative estimate of drug-likeness (QED) is 0.545. The molecule has 0 amide bonds. The summed E-state index contributed by atoms with van der Waals surface area (Å²) in [6.07, 6.45) is -0.723. The fourth-order valence-corrected chi connectivity index (χ4v) is 2.94. The van der Waals surface area contributed by atoms with E-state index in [1.807, 2.05) is 13.8 Å². The number of aromatic nitrogens is 5. The number of carbonyl (C=O) groups is 1. The first-order valence-electron chi connectivity index (χ1n) is 9.24. The number of nitrogens with zero attached hydrogens (tertiary/aromatic N) is 4. The number of pyridine rings is 1. The Hall–Kier alpha value is -3.63. The van der Waals surface area contributed by atoms with Crippen molar-refractivity contribution in [2.45, 2.75) is 32.0 Å². The number of aryl methyl sites for hydroxylation is 1. The Morgan fingerprint density at radius 3 is 2.65 bits per heavy atom. The second kappa shape index (κ2) is 8.62. The second-order valence-corrected chi connectivity index (χ2v) is 7.05. The molecule has 0 aromatic carbocycles. The minimum absolute atomic E-state index is 0.0135. The fourth-order valence-electron chi connectivity index (χ4n) is 2.94. The maximum Gasteiger partial charge on any atom is 0.417 e. The predicted molar refractivity (Wildman–Crippen MR) is 104 cm³/mol. The van der Waals surface area contributed by atoms with Crippen molar-refractivity contribution in [1.82, 2.24) is 25.0 Å². The largest absolute Gasteiger partial charge is 0.478 e. The minimum atomic E-state index is -4.51. The van der Waals surface area contributed by atoms with Crippen LogP contribution in [0.2, 0.25) is 0 Å². The number of carboxylic acids is 1. The van der Waals surface area contributed by atoms with Gasteiger partial charge >= 0.3 is 12.1 Å². The van der Waals surface area contributed by atoms with Gasteiger partial charge in [0.05, 0.1) is 22.6 Å². The van der Waals surface area contributed by atoms with Gasteiger partial charge in [-0.2, -0.15) is 18.3 Å². The smallest absolute Gasteiger partial charge is 0.417 e. The van der Waals surface area contributed by atoms with E-state index in [4.69, 9.17) is 9.84 Å². The molecule has 3 heterocycles. The molecule has 0 bridgehead atoms. The first-order chi connectivity index (χ1) is 14.6. The van der Waals surface area contributed by atoms with Crippen LogP contribution >= 0.6 is 0 Å². The van der Waals surface area contributed by atoms with Crippen molar-refractivity contribution in [2.75, 3.05) is 0 Å². The van der Waals surface area contributed by atoms with Gasteiger partial charge in [-0.15, -0.1) is 5.10 Å². The molecule has 0 saturated carbocycles. The molecule has 3 rings (SSSR count). The maximum atomic E-state index is 12.9. The molecule has 0 aliphatic rings. The summed E-state index contributed by atoms with van der Waals surface area (Å²) in [7, 11) is 1.61. The number of rotatable bonds is 7. The van der Waals surface area contributed by atoms with E-state index in [1.165, 1.54) is 22.9 Å². The first-order valence-corrected chi connectivity index (χ1v) is 9.24. The number of hydrogen-bond donors (Lipinski definition) is 2. The summed E-state index contributed by atoms with van der Waals surface area (Å²) in [5, 5.41) is 20.0. The van der Waals surface area contributed by atoms with E-state index in [-0.39, 0.29) is 17.5 Å². The molecule has 0 aliphatic carbocycles. The molecule has 0 saturated heterocycles. The molecular weight excluding hydrogens is 415 g/mol. The number of halogens is 3.